The van der Waals surface area contributed by atoms with E-state index in [9.17, 15) is 0 Å². The minimum atomic E-state index is 0.632. The summed E-state index contributed by atoms with van der Waals surface area (Å²) in [6, 6.07) is 3.96. The van der Waals surface area contributed by atoms with Crippen molar-refractivity contribution >= 4 is 27.5 Å². The Morgan fingerprint density at radius 3 is 2.77 bits per heavy atom. The van der Waals surface area contributed by atoms with Crippen LogP contribution in [0.15, 0.2) is 23.1 Å². The molecular weight excluding hydrogens is 250 g/mol. The zero-order chi connectivity index (χ0) is 9.26. The van der Waals surface area contributed by atoms with E-state index in [0.29, 0.717) is 4.73 Å². The number of rotatable bonds is 1. The minimum Gasteiger partial charge on any atom is -0.261 e. The zero-order valence-electron chi connectivity index (χ0n) is 6.86. The molecule has 0 saturated heterocycles. The average Bonchev–Trinajstić information content (AvgIpc) is 2.53. The van der Waals surface area contributed by atoms with Crippen LogP contribution in [0.1, 0.15) is 5.69 Å². The zero-order valence-corrected chi connectivity index (χ0v) is 9.26. The standard InChI is InChI=1S/C8H6BrN3S/c1-5-2-3-6(4-10-5)7-11-8(9)12-13-7/h2-4H,1H3. The Labute approximate surface area is 88.2 Å². The summed E-state index contributed by atoms with van der Waals surface area (Å²) in [7, 11) is 0. The maximum Gasteiger partial charge on any atom is 0.209 e. The van der Waals surface area contributed by atoms with Crippen LogP contribution in [0.3, 0.4) is 0 Å². The first kappa shape index (κ1) is 8.77. The van der Waals surface area contributed by atoms with Gasteiger partial charge in [-0.3, -0.25) is 4.98 Å². The number of hydrogen-bond acceptors (Lipinski definition) is 4. The first-order valence-corrected chi connectivity index (χ1v) is 5.24. The highest BCUT2D eigenvalue weighted by Gasteiger charge is 2.03. The molecule has 0 N–H and O–H groups in total. The first-order chi connectivity index (χ1) is 6.25. The van der Waals surface area contributed by atoms with E-state index < -0.39 is 0 Å². The van der Waals surface area contributed by atoms with E-state index in [4.69, 9.17) is 0 Å². The molecule has 0 bridgehead atoms. The van der Waals surface area contributed by atoms with Crippen molar-refractivity contribution < 1.29 is 0 Å². The molecule has 66 valence electrons. The van der Waals surface area contributed by atoms with Crippen molar-refractivity contribution in [2.45, 2.75) is 6.92 Å². The average molecular weight is 256 g/mol. The van der Waals surface area contributed by atoms with E-state index in [1.807, 2.05) is 25.3 Å². The lowest BCUT2D eigenvalue weighted by Gasteiger charge is -1.94. The Morgan fingerprint density at radius 2 is 2.23 bits per heavy atom. The van der Waals surface area contributed by atoms with Crippen LogP contribution in [0.25, 0.3) is 10.6 Å². The topological polar surface area (TPSA) is 38.7 Å². The van der Waals surface area contributed by atoms with Gasteiger partial charge in [-0.2, -0.15) is 4.37 Å². The predicted molar refractivity (Wildman–Crippen MR) is 55.6 cm³/mol. The van der Waals surface area contributed by atoms with Crippen LogP contribution < -0.4 is 0 Å². The fourth-order valence-electron chi connectivity index (χ4n) is 0.917. The largest absolute Gasteiger partial charge is 0.261 e. The molecule has 0 aliphatic rings. The summed E-state index contributed by atoms with van der Waals surface area (Å²) in [6.45, 7) is 1.96. The number of halogens is 1. The molecule has 2 heterocycles. The molecule has 3 nitrogen and oxygen atoms in total. The van der Waals surface area contributed by atoms with Gasteiger partial charge in [0.05, 0.1) is 0 Å². The molecular formula is C8H6BrN3S. The second-order valence-electron chi connectivity index (χ2n) is 2.56. The van der Waals surface area contributed by atoms with Crippen molar-refractivity contribution in [3.63, 3.8) is 0 Å². The number of hydrogen-bond donors (Lipinski definition) is 0. The van der Waals surface area contributed by atoms with Crippen molar-refractivity contribution in [3.8, 4) is 10.6 Å². The molecule has 2 aromatic heterocycles. The second kappa shape index (κ2) is 3.51. The van der Waals surface area contributed by atoms with Gasteiger partial charge in [-0.05, 0) is 46.5 Å². The fraction of sp³-hybridized carbons (Fsp3) is 0.125. The first-order valence-electron chi connectivity index (χ1n) is 3.68. The van der Waals surface area contributed by atoms with E-state index >= 15 is 0 Å². The Balaban J connectivity index is 2.41. The van der Waals surface area contributed by atoms with Gasteiger partial charge in [0.2, 0.25) is 4.73 Å². The monoisotopic (exact) mass is 255 g/mol. The lowest BCUT2D eigenvalue weighted by Crippen LogP contribution is -1.81. The van der Waals surface area contributed by atoms with Gasteiger partial charge in [0.1, 0.15) is 5.01 Å². The summed E-state index contributed by atoms with van der Waals surface area (Å²) in [4.78, 5) is 8.38. The highest BCUT2D eigenvalue weighted by atomic mass is 79.9. The van der Waals surface area contributed by atoms with Gasteiger partial charge in [0.15, 0.2) is 0 Å². The lowest BCUT2D eigenvalue weighted by atomic mass is 10.3. The molecule has 13 heavy (non-hydrogen) atoms. The van der Waals surface area contributed by atoms with Crippen molar-refractivity contribution in [1.29, 1.82) is 0 Å². The summed E-state index contributed by atoms with van der Waals surface area (Å²) in [5, 5.41) is 0.888. The molecule has 5 heteroatoms. The molecule has 2 rings (SSSR count). The van der Waals surface area contributed by atoms with Gasteiger partial charge < -0.3 is 0 Å². The van der Waals surface area contributed by atoms with E-state index in [2.05, 4.69) is 30.3 Å². The summed E-state index contributed by atoms with van der Waals surface area (Å²) in [5.41, 5.74) is 2.01. The third kappa shape index (κ3) is 1.92. The molecule has 0 aromatic carbocycles. The van der Waals surface area contributed by atoms with Crippen molar-refractivity contribution in [2.75, 3.05) is 0 Å². The summed E-state index contributed by atoms with van der Waals surface area (Å²) in [5.74, 6) is 0. The molecule has 0 fully saturated rings. The molecule has 0 aliphatic carbocycles. The van der Waals surface area contributed by atoms with E-state index in [1.54, 1.807) is 0 Å². The molecule has 2 aromatic rings. The van der Waals surface area contributed by atoms with Gasteiger partial charge >= 0.3 is 0 Å². The van der Waals surface area contributed by atoms with Crippen LogP contribution in [0, 0.1) is 6.92 Å². The van der Waals surface area contributed by atoms with Crippen LogP contribution >= 0.6 is 27.5 Å². The maximum atomic E-state index is 4.19. The molecule has 0 unspecified atom stereocenters. The predicted octanol–water partition coefficient (Wildman–Crippen LogP) is 2.67. The number of nitrogens with zero attached hydrogens (tertiary/aromatic N) is 3. The number of aromatic nitrogens is 3. The summed E-state index contributed by atoms with van der Waals surface area (Å²) < 4.78 is 4.67. The normalized spacial score (nSPS) is 10.3. The van der Waals surface area contributed by atoms with E-state index in [-0.39, 0.29) is 0 Å². The Kier molecular flexibility index (Phi) is 2.37. The Morgan fingerprint density at radius 1 is 1.38 bits per heavy atom. The third-order valence-corrected chi connectivity index (χ3v) is 2.91. The molecule has 0 atom stereocenters. The molecule has 0 amide bonds. The summed E-state index contributed by atoms with van der Waals surface area (Å²) >= 11 is 4.57. The Hall–Kier alpha value is -0.810. The minimum absolute atomic E-state index is 0.632. The highest BCUT2D eigenvalue weighted by molar-refractivity contribution is 9.10. The van der Waals surface area contributed by atoms with E-state index in [1.165, 1.54) is 11.5 Å². The van der Waals surface area contributed by atoms with Crippen LogP contribution in [0.5, 0.6) is 0 Å². The van der Waals surface area contributed by atoms with Gasteiger partial charge in [0, 0.05) is 17.5 Å². The SMILES string of the molecule is Cc1ccc(-c2nc(Br)ns2)cn1. The molecule has 0 aliphatic heterocycles. The Bertz CT molecular complexity index is 410. The molecule has 0 saturated carbocycles. The lowest BCUT2D eigenvalue weighted by molar-refractivity contribution is 1.19. The van der Waals surface area contributed by atoms with Crippen LogP contribution in [0.4, 0.5) is 0 Å². The smallest absolute Gasteiger partial charge is 0.209 e. The maximum absolute atomic E-state index is 4.19. The van der Waals surface area contributed by atoms with Crippen LogP contribution in [-0.4, -0.2) is 14.3 Å². The number of pyridine rings is 1. The summed E-state index contributed by atoms with van der Waals surface area (Å²) in [6.07, 6.45) is 1.81. The van der Waals surface area contributed by atoms with Crippen molar-refractivity contribution in [3.05, 3.63) is 28.8 Å². The second-order valence-corrected chi connectivity index (χ2v) is 4.02. The third-order valence-electron chi connectivity index (χ3n) is 1.56. The van der Waals surface area contributed by atoms with Crippen LogP contribution in [-0.2, 0) is 0 Å². The van der Waals surface area contributed by atoms with E-state index in [0.717, 1.165) is 16.3 Å². The van der Waals surface area contributed by atoms with Crippen molar-refractivity contribution in [2.24, 2.45) is 0 Å². The highest BCUT2D eigenvalue weighted by Crippen LogP contribution is 2.22. The van der Waals surface area contributed by atoms with Gasteiger partial charge in [-0.1, -0.05) is 0 Å². The molecule has 0 spiro atoms. The van der Waals surface area contributed by atoms with Gasteiger partial charge in [-0.15, -0.1) is 0 Å². The fourth-order valence-corrected chi connectivity index (χ4v) is 1.99. The molecule has 0 radical (unpaired) electrons. The van der Waals surface area contributed by atoms with Crippen LogP contribution in [0.2, 0.25) is 0 Å². The van der Waals surface area contributed by atoms with Gasteiger partial charge in [0.25, 0.3) is 0 Å². The van der Waals surface area contributed by atoms with Crippen molar-refractivity contribution in [1.82, 2.24) is 14.3 Å². The van der Waals surface area contributed by atoms with Gasteiger partial charge in [-0.25, -0.2) is 4.98 Å². The number of aryl methyl sites for hydroxylation is 1. The quantitative estimate of drug-likeness (QED) is 0.787.